The van der Waals surface area contributed by atoms with Gasteiger partial charge in [-0.15, -0.1) is 0 Å². The number of nitrogens with zero attached hydrogens (tertiary/aromatic N) is 3. The van der Waals surface area contributed by atoms with Crippen LogP contribution in [0.2, 0.25) is 5.02 Å². The number of pyridine rings is 1. The van der Waals surface area contributed by atoms with E-state index >= 15 is 0 Å². The molecule has 100 valence electrons. The molecular weight excluding hydrogens is 344 g/mol. The normalized spacial score (nSPS) is 10.7. The number of anilines is 1. The van der Waals surface area contributed by atoms with Gasteiger partial charge in [0.05, 0.1) is 10.6 Å². The second kappa shape index (κ2) is 5.22. The van der Waals surface area contributed by atoms with Crippen LogP contribution in [-0.4, -0.2) is 15.1 Å². The van der Waals surface area contributed by atoms with E-state index < -0.39 is 0 Å². The molecule has 0 saturated carbocycles. The van der Waals surface area contributed by atoms with E-state index in [0.29, 0.717) is 33.7 Å². The monoisotopic (exact) mass is 350 g/mol. The standard InChI is InChI=1S/C13H8BrClN4O/c14-9-2-1-5-17-11(9)12-18-13(20-19-12)8-4-3-7(16)6-10(8)15/h1-6H,16H2. The lowest BCUT2D eigenvalue weighted by Gasteiger charge is -1.99. The van der Waals surface area contributed by atoms with Crippen LogP contribution >= 0.6 is 27.5 Å². The highest BCUT2D eigenvalue weighted by Crippen LogP contribution is 2.30. The summed E-state index contributed by atoms with van der Waals surface area (Å²) in [7, 11) is 0. The summed E-state index contributed by atoms with van der Waals surface area (Å²) in [5, 5.41) is 4.38. The molecule has 0 unspecified atom stereocenters. The van der Waals surface area contributed by atoms with Gasteiger partial charge in [-0.2, -0.15) is 4.98 Å². The quantitative estimate of drug-likeness (QED) is 0.711. The van der Waals surface area contributed by atoms with Crippen LogP contribution in [-0.2, 0) is 0 Å². The zero-order valence-electron chi connectivity index (χ0n) is 10.0. The lowest BCUT2D eigenvalue weighted by atomic mass is 10.2. The largest absolute Gasteiger partial charge is 0.399 e. The van der Waals surface area contributed by atoms with Crippen molar-refractivity contribution in [1.82, 2.24) is 15.1 Å². The Kier molecular flexibility index (Phi) is 3.42. The van der Waals surface area contributed by atoms with E-state index in [1.165, 1.54) is 0 Å². The zero-order valence-corrected chi connectivity index (χ0v) is 12.4. The van der Waals surface area contributed by atoms with Gasteiger partial charge in [-0.25, -0.2) is 0 Å². The van der Waals surface area contributed by atoms with Crippen LogP contribution in [0.15, 0.2) is 45.5 Å². The van der Waals surface area contributed by atoms with Gasteiger partial charge in [0.2, 0.25) is 5.82 Å². The molecule has 0 atom stereocenters. The van der Waals surface area contributed by atoms with Crippen LogP contribution in [0.25, 0.3) is 23.0 Å². The maximum Gasteiger partial charge on any atom is 0.259 e. The van der Waals surface area contributed by atoms with Crippen LogP contribution < -0.4 is 5.73 Å². The number of hydrogen-bond donors (Lipinski definition) is 1. The molecule has 0 fully saturated rings. The number of rotatable bonds is 2. The average molecular weight is 352 g/mol. The molecular formula is C13H8BrClN4O. The molecule has 0 bridgehead atoms. The van der Waals surface area contributed by atoms with Crippen LogP contribution in [0, 0.1) is 0 Å². The van der Waals surface area contributed by atoms with Crippen molar-refractivity contribution in [2.75, 3.05) is 5.73 Å². The van der Waals surface area contributed by atoms with Crippen molar-refractivity contribution in [3.63, 3.8) is 0 Å². The summed E-state index contributed by atoms with van der Waals surface area (Å²) in [6.07, 6.45) is 1.66. The molecule has 0 aliphatic rings. The number of nitrogens with two attached hydrogens (primary N) is 1. The Morgan fingerprint density at radius 1 is 1.25 bits per heavy atom. The maximum atomic E-state index is 6.12. The lowest BCUT2D eigenvalue weighted by Crippen LogP contribution is -1.88. The molecule has 20 heavy (non-hydrogen) atoms. The number of halogens is 2. The summed E-state index contributed by atoms with van der Waals surface area (Å²) in [4.78, 5) is 8.51. The maximum absolute atomic E-state index is 6.12. The van der Waals surface area contributed by atoms with E-state index in [9.17, 15) is 0 Å². The fourth-order valence-corrected chi connectivity index (χ4v) is 2.39. The molecule has 0 radical (unpaired) electrons. The molecule has 0 saturated heterocycles. The van der Waals surface area contributed by atoms with E-state index in [1.54, 1.807) is 24.4 Å². The van der Waals surface area contributed by atoms with Crippen molar-refractivity contribution in [3.8, 4) is 23.0 Å². The zero-order chi connectivity index (χ0) is 14.1. The van der Waals surface area contributed by atoms with Crippen molar-refractivity contribution in [3.05, 3.63) is 46.0 Å². The van der Waals surface area contributed by atoms with Gasteiger partial charge in [-0.1, -0.05) is 16.8 Å². The molecule has 0 amide bonds. The van der Waals surface area contributed by atoms with Crippen LogP contribution in [0.1, 0.15) is 0 Å². The van der Waals surface area contributed by atoms with E-state index in [1.807, 2.05) is 12.1 Å². The second-order valence-electron chi connectivity index (χ2n) is 4.00. The minimum atomic E-state index is 0.322. The van der Waals surface area contributed by atoms with Gasteiger partial charge in [0.25, 0.3) is 5.89 Å². The second-order valence-corrected chi connectivity index (χ2v) is 5.26. The Morgan fingerprint density at radius 3 is 2.85 bits per heavy atom. The van der Waals surface area contributed by atoms with Crippen LogP contribution in [0.4, 0.5) is 5.69 Å². The minimum Gasteiger partial charge on any atom is -0.399 e. The van der Waals surface area contributed by atoms with Gasteiger partial charge in [0, 0.05) is 16.4 Å². The van der Waals surface area contributed by atoms with Crippen LogP contribution in [0.5, 0.6) is 0 Å². The molecule has 2 N–H and O–H groups in total. The summed E-state index contributed by atoms with van der Waals surface area (Å²) in [6, 6.07) is 8.77. The minimum absolute atomic E-state index is 0.322. The number of hydrogen-bond acceptors (Lipinski definition) is 5. The van der Waals surface area contributed by atoms with Crippen molar-refractivity contribution in [2.24, 2.45) is 0 Å². The molecule has 2 aromatic heterocycles. The predicted octanol–water partition coefficient (Wildman–Crippen LogP) is 3.80. The lowest BCUT2D eigenvalue weighted by molar-refractivity contribution is 0.432. The van der Waals surface area contributed by atoms with E-state index in [2.05, 4.69) is 31.1 Å². The summed E-state index contributed by atoms with van der Waals surface area (Å²) in [5.41, 5.74) is 7.47. The third-order valence-electron chi connectivity index (χ3n) is 2.62. The van der Waals surface area contributed by atoms with Gasteiger partial charge in [0.15, 0.2) is 0 Å². The highest BCUT2D eigenvalue weighted by Gasteiger charge is 2.15. The van der Waals surface area contributed by atoms with E-state index in [4.69, 9.17) is 21.9 Å². The fraction of sp³-hybridized carbons (Fsp3) is 0. The Labute approximate surface area is 127 Å². The van der Waals surface area contributed by atoms with Crippen molar-refractivity contribution in [1.29, 1.82) is 0 Å². The first-order valence-corrected chi connectivity index (χ1v) is 6.82. The molecule has 0 aliphatic heterocycles. The molecule has 2 heterocycles. The number of nitrogen functional groups attached to an aromatic ring is 1. The summed E-state index contributed by atoms with van der Waals surface area (Å²) in [5.74, 6) is 0.711. The van der Waals surface area contributed by atoms with E-state index in [0.717, 1.165) is 4.47 Å². The Balaban J connectivity index is 2.04. The fourth-order valence-electron chi connectivity index (χ4n) is 1.68. The molecule has 0 spiro atoms. The first-order valence-electron chi connectivity index (χ1n) is 5.65. The van der Waals surface area contributed by atoms with Crippen molar-refractivity contribution < 1.29 is 4.52 Å². The summed E-state index contributed by atoms with van der Waals surface area (Å²) >= 11 is 9.51. The molecule has 0 aliphatic carbocycles. The molecule has 3 rings (SSSR count). The van der Waals surface area contributed by atoms with E-state index in [-0.39, 0.29) is 0 Å². The van der Waals surface area contributed by atoms with Crippen molar-refractivity contribution >= 4 is 33.2 Å². The highest BCUT2D eigenvalue weighted by molar-refractivity contribution is 9.10. The summed E-state index contributed by atoms with van der Waals surface area (Å²) in [6.45, 7) is 0. The van der Waals surface area contributed by atoms with Gasteiger partial charge in [-0.05, 0) is 46.3 Å². The van der Waals surface area contributed by atoms with Gasteiger partial charge >= 0.3 is 0 Å². The number of aromatic nitrogens is 3. The third-order valence-corrected chi connectivity index (χ3v) is 3.57. The Morgan fingerprint density at radius 2 is 2.10 bits per heavy atom. The molecule has 7 heteroatoms. The average Bonchev–Trinajstić information content (AvgIpc) is 2.88. The van der Waals surface area contributed by atoms with Crippen LogP contribution in [0.3, 0.4) is 0 Å². The Hall–Kier alpha value is -1.92. The SMILES string of the molecule is Nc1ccc(-c2nc(-c3ncccc3Br)no2)c(Cl)c1. The van der Waals surface area contributed by atoms with Gasteiger partial charge in [-0.3, -0.25) is 4.98 Å². The number of benzene rings is 1. The predicted molar refractivity (Wildman–Crippen MR) is 80.1 cm³/mol. The van der Waals surface area contributed by atoms with Gasteiger partial charge < -0.3 is 10.3 Å². The first-order chi connectivity index (χ1) is 9.65. The first kappa shape index (κ1) is 13.1. The van der Waals surface area contributed by atoms with Gasteiger partial charge in [0.1, 0.15) is 5.69 Å². The third kappa shape index (κ3) is 2.39. The highest BCUT2D eigenvalue weighted by atomic mass is 79.9. The topological polar surface area (TPSA) is 77.8 Å². The Bertz CT molecular complexity index is 775. The molecule has 5 nitrogen and oxygen atoms in total. The smallest absolute Gasteiger partial charge is 0.259 e. The molecule has 3 aromatic rings. The van der Waals surface area contributed by atoms with Crippen molar-refractivity contribution in [2.45, 2.75) is 0 Å². The molecule has 1 aromatic carbocycles. The summed E-state index contributed by atoms with van der Waals surface area (Å²) < 4.78 is 6.02.